The Labute approximate surface area is 290 Å². The van der Waals surface area contributed by atoms with Crippen LogP contribution < -0.4 is 16.8 Å². The number of nitrogen functional groups attached to an aromatic ring is 1. The quantitative estimate of drug-likeness (QED) is 0.137. The molecular formula is C24H29F2N11O9P2S2. The van der Waals surface area contributed by atoms with Crippen molar-refractivity contribution in [3.8, 4) is 0 Å². The fourth-order valence-electron chi connectivity index (χ4n) is 5.70. The summed E-state index contributed by atoms with van der Waals surface area (Å²) in [7, 11) is 0. The van der Waals surface area contributed by atoms with Crippen LogP contribution in [0.5, 0.6) is 0 Å². The molecule has 4 aromatic rings. The molecule has 0 aromatic carbocycles. The van der Waals surface area contributed by atoms with Gasteiger partial charge in [-0.1, -0.05) is 12.2 Å². The Morgan fingerprint density at radius 3 is 2.20 bits per heavy atom. The minimum atomic E-state index is -4.44. The molecule has 20 nitrogen and oxygen atoms in total. The van der Waals surface area contributed by atoms with E-state index in [0.717, 1.165) is 12.7 Å². The molecule has 0 bridgehead atoms. The number of carbonyl (C=O) groups excluding carboxylic acids is 1. The van der Waals surface area contributed by atoms with Gasteiger partial charge in [0.25, 0.3) is 0 Å². The van der Waals surface area contributed by atoms with E-state index in [1.165, 1.54) is 21.8 Å². The zero-order valence-corrected chi connectivity index (χ0v) is 28.9. The van der Waals surface area contributed by atoms with E-state index in [1.807, 2.05) is 0 Å². The van der Waals surface area contributed by atoms with Crippen molar-refractivity contribution in [1.82, 2.24) is 39.0 Å². The van der Waals surface area contributed by atoms with Crippen molar-refractivity contribution in [1.29, 1.82) is 0 Å². The van der Waals surface area contributed by atoms with Crippen LogP contribution in [0.1, 0.15) is 25.3 Å². The lowest BCUT2D eigenvalue weighted by Crippen LogP contribution is -2.37. The average molecular weight is 780 g/mol. The third kappa shape index (κ3) is 6.87. The van der Waals surface area contributed by atoms with Crippen LogP contribution in [0.15, 0.2) is 25.3 Å². The molecule has 0 aliphatic carbocycles. The molecule has 3 aliphatic heterocycles. The number of carbonyl (C=O) groups is 1. The fraction of sp³-hybridized carbons (Fsp3) is 0.542. The predicted molar refractivity (Wildman–Crippen MR) is 174 cm³/mol. The molecule has 4 unspecified atom stereocenters. The van der Waals surface area contributed by atoms with Crippen LogP contribution in [0, 0.1) is 0 Å². The zero-order chi connectivity index (χ0) is 35.4. The van der Waals surface area contributed by atoms with Crippen LogP contribution in [0.4, 0.5) is 20.4 Å². The summed E-state index contributed by atoms with van der Waals surface area (Å²) in [4.78, 5) is 47.8. The Kier molecular flexibility index (Phi) is 9.90. The van der Waals surface area contributed by atoms with Gasteiger partial charge in [-0.25, -0.2) is 43.2 Å². The summed E-state index contributed by atoms with van der Waals surface area (Å²) in [5, 5.41) is 2.62. The van der Waals surface area contributed by atoms with Gasteiger partial charge in [-0.15, -0.1) is 0 Å². The number of halogens is 2. The summed E-state index contributed by atoms with van der Waals surface area (Å²) in [5.41, 5.74) is 11.9. The number of thiol groups is 1. The second-order valence-corrected chi connectivity index (χ2v) is 16.9. The van der Waals surface area contributed by atoms with Crippen LogP contribution in [0.2, 0.25) is 0 Å². The lowest BCUT2D eigenvalue weighted by Gasteiger charge is -2.29. The molecule has 7 heterocycles. The topological polar surface area (TPSA) is 261 Å². The highest BCUT2D eigenvalue weighted by Crippen LogP contribution is 2.58. The highest BCUT2D eigenvalue weighted by atomic mass is 32.7. The number of imidazole rings is 2. The summed E-state index contributed by atoms with van der Waals surface area (Å²) < 4.78 is 82.1. The number of amides is 1. The van der Waals surface area contributed by atoms with Gasteiger partial charge in [-0.2, -0.15) is 0 Å². The summed E-state index contributed by atoms with van der Waals surface area (Å²) >= 11 is 9.21. The molecule has 1 amide bonds. The average Bonchev–Trinajstić information content (AvgIpc) is 3.83. The minimum absolute atomic E-state index is 0.0450. The van der Waals surface area contributed by atoms with Crippen molar-refractivity contribution in [2.24, 2.45) is 5.73 Å². The lowest BCUT2D eigenvalue weighted by molar-refractivity contribution is -0.116. The monoisotopic (exact) mass is 779 g/mol. The maximum absolute atomic E-state index is 16.3. The number of nitrogens with one attached hydrogen (secondary N) is 1. The highest BCUT2D eigenvalue weighted by molar-refractivity contribution is 8.44. The van der Waals surface area contributed by atoms with Crippen LogP contribution in [0.3, 0.4) is 0 Å². The Morgan fingerprint density at radius 1 is 0.960 bits per heavy atom. The number of ether oxygens (including phenoxy) is 2. The van der Waals surface area contributed by atoms with Crippen LogP contribution in [-0.2, 0) is 48.7 Å². The molecule has 7 rings (SSSR count). The Hall–Kier alpha value is -2.86. The Balaban J connectivity index is 1.13. The standard InChI is InChI=1S/C24H29F2N11O9P2S2/c25-13-17-10(43-23(13)36-8-33-15-19(28)29-6-31-21(15)36)4-41-48(40,50)46-18-11(5-42-47(39,49)45-17)44-24(14(18)26)37-9-34-16-20(30-7-32-22(16)37)35-12(38)2-1-3-27/h6-11,13-14,17-18,23-24H,1-5,27H2,(H,39,49)(H,40,50)(H2,28,29,31)(H,30,32,35,38)/t10-,11-,13-,14-,17?,18?,23-,24-,47?,48?/m1/s1. The molecular weight excluding hydrogens is 750 g/mol. The molecule has 3 fully saturated rings. The molecule has 0 radical (unpaired) electrons. The number of alkyl halides is 2. The molecule has 6 N–H and O–H groups in total. The number of hydrogen-bond acceptors (Lipinski definition) is 17. The summed E-state index contributed by atoms with van der Waals surface area (Å²) in [6.45, 7) is -9.75. The van der Waals surface area contributed by atoms with E-state index in [4.69, 9.17) is 50.8 Å². The van der Waals surface area contributed by atoms with Gasteiger partial charge in [0.05, 0.1) is 25.9 Å². The smallest absolute Gasteiger partial charge is 0.382 e. The number of aromatic nitrogens is 8. The number of anilines is 2. The molecule has 270 valence electrons. The molecule has 3 aliphatic rings. The maximum Gasteiger partial charge on any atom is 0.386 e. The van der Waals surface area contributed by atoms with Gasteiger partial charge >= 0.3 is 13.5 Å². The van der Waals surface area contributed by atoms with Crippen molar-refractivity contribution in [2.45, 2.75) is 62.1 Å². The molecule has 3 saturated heterocycles. The first-order valence-corrected chi connectivity index (χ1v) is 20.2. The van der Waals surface area contributed by atoms with E-state index in [9.17, 15) is 14.3 Å². The first-order chi connectivity index (χ1) is 23.9. The molecule has 50 heavy (non-hydrogen) atoms. The first-order valence-electron chi connectivity index (χ1n) is 14.9. The van der Waals surface area contributed by atoms with Gasteiger partial charge in [-0.05, 0) is 24.8 Å². The second-order valence-electron chi connectivity index (χ2n) is 11.3. The Bertz CT molecular complexity index is 2010. The third-order valence-corrected chi connectivity index (χ3v) is 11.2. The van der Waals surface area contributed by atoms with E-state index < -0.39 is 75.9 Å². The van der Waals surface area contributed by atoms with E-state index in [1.54, 1.807) is 0 Å². The summed E-state index contributed by atoms with van der Waals surface area (Å²) in [6, 6.07) is 0. The first kappa shape index (κ1) is 35.5. The maximum atomic E-state index is 16.3. The van der Waals surface area contributed by atoms with Crippen molar-refractivity contribution in [3.63, 3.8) is 0 Å². The van der Waals surface area contributed by atoms with E-state index in [2.05, 4.69) is 47.5 Å². The van der Waals surface area contributed by atoms with Gasteiger partial charge in [0.1, 0.15) is 42.6 Å². The van der Waals surface area contributed by atoms with Gasteiger partial charge in [0, 0.05) is 6.42 Å². The van der Waals surface area contributed by atoms with Gasteiger partial charge in [-0.3, -0.25) is 27.5 Å². The second kappa shape index (κ2) is 13.9. The number of hydrogen-bond donors (Lipinski definition) is 5. The molecule has 10 atom stereocenters. The van der Waals surface area contributed by atoms with Gasteiger partial charge < -0.3 is 35.7 Å². The van der Waals surface area contributed by atoms with Gasteiger partial charge in [0.2, 0.25) is 5.91 Å². The van der Waals surface area contributed by atoms with Gasteiger partial charge in [0.15, 0.2) is 53.2 Å². The molecule has 26 heteroatoms. The molecule has 0 saturated carbocycles. The highest BCUT2D eigenvalue weighted by Gasteiger charge is 2.54. The van der Waals surface area contributed by atoms with E-state index in [-0.39, 0.29) is 46.3 Å². The predicted octanol–water partition coefficient (Wildman–Crippen LogP) is 1.47. The summed E-state index contributed by atoms with van der Waals surface area (Å²) in [5.74, 6) is -0.246. The molecule has 0 spiro atoms. The zero-order valence-electron chi connectivity index (χ0n) is 25.4. The lowest BCUT2D eigenvalue weighted by atomic mass is 10.1. The number of nitrogens with zero attached hydrogens (tertiary/aromatic N) is 8. The van der Waals surface area contributed by atoms with Crippen molar-refractivity contribution >= 4 is 77.4 Å². The minimum Gasteiger partial charge on any atom is -0.382 e. The molecule has 4 aromatic heterocycles. The SMILES string of the molecule is NCCCC(=O)Nc1ncnc2c1ncn2[C@@H]1O[C@@H]2COP(O)(=S)OC3[C@@H](F)[C@H](n4cnc5c(N)ncnc54)O[C@@H]3COP(=O)(S)OC2[C@H]1F. The van der Waals surface area contributed by atoms with Crippen molar-refractivity contribution in [2.75, 3.05) is 30.8 Å². The summed E-state index contributed by atoms with van der Waals surface area (Å²) in [6.07, 6.45) is -7.78. The normalized spacial score (nSPS) is 35.0. The number of nitrogens with two attached hydrogens (primary N) is 2. The van der Waals surface area contributed by atoms with Crippen LogP contribution >= 0.6 is 25.8 Å². The Morgan fingerprint density at radius 2 is 1.54 bits per heavy atom. The van der Waals surface area contributed by atoms with Crippen LogP contribution in [0.25, 0.3) is 22.3 Å². The largest absolute Gasteiger partial charge is 0.386 e. The number of rotatable bonds is 6. The van der Waals surface area contributed by atoms with E-state index >= 15 is 8.78 Å². The van der Waals surface area contributed by atoms with Crippen molar-refractivity contribution < 1.29 is 50.6 Å². The number of fused-ring (bicyclic) bond motifs is 4. The van der Waals surface area contributed by atoms with E-state index in [0.29, 0.717) is 13.0 Å². The van der Waals surface area contributed by atoms with Crippen LogP contribution in [-0.4, -0.2) is 106 Å². The van der Waals surface area contributed by atoms with Crippen molar-refractivity contribution in [3.05, 3.63) is 25.3 Å². The third-order valence-electron chi connectivity index (χ3n) is 8.01. The fourth-order valence-corrected chi connectivity index (χ4v) is 8.62.